The number of carbonyl (C=O) groups excluding carboxylic acids is 1. The van der Waals surface area contributed by atoms with Crippen LogP contribution >= 0.6 is 0 Å². The molecule has 4 nitrogen and oxygen atoms in total. The standard InChI is InChI=1S/C12H26N2O2/c1-6-10(7-2)14(4)9-8-12(3,13)11(15)16-5/h10H,6-9,13H2,1-5H3. The number of nitrogens with zero attached hydrogens (tertiary/aromatic N) is 1. The molecule has 0 spiro atoms. The molecule has 0 saturated heterocycles. The van der Waals surface area contributed by atoms with Gasteiger partial charge in [-0.3, -0.25) is 4.79 Å². The number of hydrogen-bond donors (Lipinski definition) is 1. The van der Waals surface area contributed by atoms with Gasteiger partial charge < -0.3 is 15.4 Å². The maximum absolute atomic E-state index is 11.4. The fraction of sp³-hybridized carbons (Fsp3) is 0.917. The number of hydrogen-bond acceptors (Lipinski definition) is 4. The summed E-state index contributed by atoms with van der Waals surface area (Å²) in [5, 5.41) is 0. The lowest BCUT2D eigenvalue weighted by Gasteiger charge is -2.29. The van der Waals surface area contributed by atoms with E-state index in [-0.39, 0.29) is 5.97 Å². The van der Waals surface area contributed by atoms with Crippen molar-refractivity contribution in [2.75, 3.05) is 20.7 Å². The molecule has 0 saturated carbocycles. The van der Waals surface area contributed by atoms with Crippen molar-refractivity contribution in [1.29, 1.82) is 0 Å². The van der Waals surface area contributed by atoms with Crippen molar-refractivity contribution in [3.8, 4) is 0 Å². The summed E-state index contributed by atoms with van der Waals surface area (Å²) < 4.78 is 4.68. The van der Waals surface area contributed by atoms with Crippen LogP contribution in [0.1, 0.15) is 40.0 Å². The van der Waals surface area contributed by atoms with Crippen molar-refractivity contribution in [2.24, 2.45) is 5.73 Å². The Morgan fingerprint density at radius 2 is 1.94 bits per heavy atom. The highest BCUT2D eigenvalue weighted by Crippen LogP contribution is 2.12. The topological polar surface area (TPSA) is 55.6 Å². The molecule has 1 atom stereocenters. The Balaban J connectivity index is 4.18. The molecular weight excluding hydrogens is 204 g/mol. The van der Waals surface area contributed by atoms with Crippen molar-refractivity contribution >= 4 is 5.97 Å². The van der Waals surface area contributed by atoms with Gasteiger partial charge in [0.15, 0.2) is 0 Å². The van der Waals surface area contributed by atoms with Crippen LogP contribution in [0, 0.1) is 0 Å². The van der Waals surface area contributed by atoms with E-state index < -0.39 is 5.54 Å². The highest BCUT2D eigenvalue weighted by atomic mass is 16.5. The molecule has 0 bridgehead atoms. The first-order chi connectivity index (χ1) is 7.38. The van der Waals surface area contributed by atoms with Crippen LogP contribution < -0.4 is 5.73 Å². The zero-order valence-corrected chi connectivity index (χ0v) is 11.2. The molecule has 4 heteroatoms. The van der Waals surface area contributed by atoms with Gasteiger partial charge in [0.25, 0.3) is 0 Å². The molecule has 96 valence electrons. The molecular formula is C12H26N2O2. The zero-order valence-electron chi connectivity index (χ0n) is 11.2. The van der Waals surface area contributed by atoms with E-state index in [4.69, 9.17) is 5.73 Å². The monoisotopic (exact) mass is 230 g/mol. The first kappa shape index (κ1) is 15.4. The van der Waals surface area contributed by atoms with E-state index in [1.807, 2.05) is 0 Å². The van der Waals surface area contributed by atoms with Crippen LogP contribution in [0.4, 0.5) is 0 Å². The van der Waals surface area contributed by atoms with Crippen molar-refractivity contribution in [3.05, 3.63) is 0 Å². The highest BCUT2D eigenvalue weighted by Gasteiger charge is 2.29. The minimum Gasteiger partial charge on any atom is -0.468 e. The zero-order chi connectivity index (χ0) is 12.8. The molecule has 0 aliphatic carbocycles. The number of methoxy groups -OCH3 is 1. The van der Waals surface area contributed by atoms with Crippen molar-refractivity contribution in [1.82, 2.24) is 4.90 Å². The third-order valence-electron chi connectivity index (χ3n) is 3.20. The second-order valence-electron chi connectivity index (χ2n) is 4.61. The average Bonchev–Trinajstić information content (AvgIpc) is 2.27. The van der Waals surface area contributed by atoms with Gasteiger partial charge in [-0.25, -0.2) is 0 Å². The molecule has 0 heterocycles. The first-order valence-electron chi connectivity index (χ1n) is 5.96. The Morgan fingerprint density at radius 1 is 1.44 bits per heavy atom. The second kappa shape index (κ2) is 6.86. The Kier molecular flexibility index (Phi) is 6.60. The van der Waals surface area contributed by atoms with Gasteiger partial charge in [-0.1, -0.05) is 13.8 Å². The molecule has 0 aromatic carbocycles. The largest absolute Gasteiger partial charge is 0.468 e. The van der Waals surface area contributed by atoms with Crippen LogP contribution in [0.15, 0.2) is 0 Å². The van der Waals surface area contributed by atoms with Crippen molar-refractivity contribution < 1.29 is 9.53 Å². The van der Waals surface area contributed by atoms with Gasteiger partial charge in [0, 0.05) is 12.6 Å². The molecule has 0 aromatic heterocycles. The summed E-state index contributed by atoms with van der Waals surface area (Å²) in [5.41, 5.74) is 5.02. The lowest BCUT2D eigenvalue weighted by atomic mass is 9.98. The highest BCUT2D eigenvalue weighted by molar-refractivity contribution is 5.79. The molecule has 2 N–H and O–H groups in total. The predicted octanol–water partition coefficient (Wildman–Crippen LogP) is 1.39. The van der Waals surface area contributed by atoms with Gasteiger partial charge in [0.2, 0.25) is 0 Å². The lowest BCUT2D eigenvalue weighted by Crippen LogP contribution is -2.48. The average molecular weight is 230 g/mol. The number of nitrogens with two attached hydrogens (primary N) is 1. The van der Waals surface area contributed by atoms with Crippen LogP contribution in [0.25, 0.3) is 0 Å². The van der Waals surface area contributed by atoms with E-state index in [2.05, 4.69) is 30.5 Å². The normalized spacial score (nSPS) is 15.2. The molecule has 0 rings (SSSR count). The minimum atomic E-state index is -0.880. The maximum atomic E-state index is 11.4. The van der Waals surface area contributed by atoms with Crippen LogP contribution in [-0.4, -0.2) is 43.2 Å². The second-order valence-corrected chi connectivity index (χ2v) is 4.61. The summed E-state index contributed by atoms with van der Waals surface area (Å²) in [7, 11) is 3.45. The van der Waals surface area contributed by atoms with Crippen molar-refractivity contribution in [2.45, 2.75) is 51.6 Å². The lowest BCUT2D eigenvalue weighted by molar-refractivity contribution is -0.146. The molecule has 0 aliphatic rings. The van der Waals surface area contributed by atoms with E-state index in [9.17, 15) is 4.79 Å². The van der Waals surface area contributed by atoms with Gasteiger partial charge in [0.05, 0.1) is 7.11 Å². The van der Waals surface area contributed by atoms with E-state index >= 15 is 0 Å². The van der Waals surface area contributed by atoms with E-state index in [1.54, 1.807) is 6.92 Å². The molecule has 0 fully saturated rings. The summed E-state index contributed by atoms with van der Waals surface area (Å²) in [6.45, 7) is 6.88. The quantitative estimate of drug-likeness (QED) is 0.671. The number of carbonyl (C=O) groups is 1. The smallest absolute Gasteiger partial charge is 0.325 e. The molecule has 16 heavy (non-hydrogen) atoms. The summed E-state index contributed by atoms with van der Waals surface area (Å²) in [6.07, 6.45) is 2.85. The Hall–Kier alpha value is -0.610. The number of ether oxygens (including phenoxy) is 1. The van der Waals surface area contributed by atoms with Crippen LogP contribution in [-0.2, 0) is 9.53 Å². The van der Waals surface area contributed by atoms with Gasteiger partial charge >= 0.3 is 5.97 Å². The minimum absolute atomic E-state index is 0.342. The molecule has 0 amide bonds. The molecule has 0 aliphatic heterocycles. The van der Waals surface area contributed by atoms with Crippen molar-refractivity contribution in [3.63, 3.8) is 0 Å². The SMILES string of the molecule is CCC(CC)N(C)CCC(C)(N)C(=O)OC. The van der Waals surface area contributed by atoms with Gasteiger partial charge in [-0.05, 0) is 33.2 Å². The first-order valence-corrected chi connectivity index (χ1v) is 5.96. The van der Waals surface area contributed by atoms with E-state index in [0.29, 0.717) is 12.5 Å². The molecule has 0 aromatic rings. The third-order valence-corrected chi connectivity index (χ3v) is 3.20. The number of rotatable bonds is 7. The van der Waals surface area contributed by atoms with Gasteiger partial charge in [-0.15, -0.1) is 0 Å². The predicted molar refractivity (Wildman–Crippen MR) is 66.2 cm³/mol. The Labute approximate surface area is 99.1 Å². The van der Waals surface area contributed by atoms with Crippen LogP contribution in [0.3, 0.4) is 0 Å². The molecule has 1 unspecified atom stereocenters. The fourth-order valence-corrected chi connectivity index (χ4v) is 1.84. The van der Waals surface area contributed by atoms with Gasteiger partial charge in [-0.2, -0.15) is 0 Å². The summed E-state index contributed by atoms with van der Waals surface area (Å²) in [6, 6.07) is 0.563. The molecule has 0 radical (unpaired) electrons. The van der Waals surface area contributed by atoms with Crippen LogP contribution in [0.5, 0.6) is 0 Å². The van der Waals surface area contributed by atoms with E-state index in [0.717, 1.165) is 19.4 Å². The summed E-state index contributed by atoms with van der Waals surface area (Å²) in [4.78, 5) is 13.6. The van der Waals surface area contributed by atoms with E-state index in [1.165, 1.54) is 7.11 Å². The van der Waals surface area contributed by atoms with Gasteiger partial charge in [0.1, 0.15) is 5.54 Å². The summed E-state index contributed by atoms with van der Waals surface area (Å²) >= 11 is 0. The maximum Gasteiger partial charge on any atom is 0.325 e. The summed E-state index contributed by atoms with van der Waals surface area (Å²) in [5.74, 6) is -0.342. The number of esters is 1. The third kappa shape index (κ3) is 4.49. The Morgan fingerprint density at radius 3 is 2.31 bits per heavy atom. The van der Waals surface area contributed by atoms with Crippen LogP contribution in [0.2, 0.25) is 0 Å². The Bertz CT molecular complexity index is 213. The fourth-order valence-electron chi connectivity index (χ4n) is 1.84.